The van der Waals surface area contributed by atoms with Crippen molar-refractivity contribution in [3.05, 3.63) is 95.9 Å². The average Bonchev–Trinajstić information content (AvgIpc) is 3.63. The molecule has 7 rings (SSSR count). The van der Waals surface area contributed by atoms with E-state index in [9.17, 15) is 0 Å². The van der Waals surface area contributed by atoms with Crippen molar-refractivity contribution in [2.24, 2.45) is 0 Å². The molecule has 156 valence electrons. The topological polar surface area (TPSA) is 56.7 Å². The van der Waals surface area contributed by atoms with E-state index in [1.54, 1.807) is 0 Å². The number of aromatic nitrogens is 4. The molecule has 3 heterocycles. The molecule has 0 aliphatic heterocycles. The summed E-state index contributed by atoms with van der Waals surface area (Å²) in [6, 6.07) is -9.24. The molecule has 0 aliphatic rings. The van der Waals surface area contributed by atoms with Gasteiger partial charge in [-0.3, -0.25) is 4.57 Å². The van der Waals surface area contributed by atoms with Crippen molar-refractivity contribution in [2.75, 3.05) is 0 Å². The Labute approximate surface area is 214 Å². The fourth-order valence-corrected chi connectivity index (χ4v) is 3.74. The Morgan fingerprint density at radius 1 is 0.667 bits per heavy atom. The lowest BCUT2D eigenvalue weighted by Gasteiger charge is -2.08. The molecule has 0 N–H and O–H groups in total. The molecule has 5 nitrogen and oxygen atoms in total. The predicted molar refractivity (Wildman–Crippen MR) is 132 cm³/mol. The maximum absolute atomic E-state index is 8.94. The van der Waals surface area contributed by atoms with Gasteiger partial charge in [0.2, 0.25) is 11.2 Å². The number of nitrogens with zero attached hydrogens (tertiary/aromatic N) is 4. The van der Waals surface area contributed by atoms with Gasteiger partial charge in [0.15, 0.2) is 5.82 Å². The van der Waals surface area contributed by atoms with Crippen LogP contribution in [0.25, 0.3) is 61.1 Å². The highest BCUT2D eigenvalue weighted by atomic mass is 35.5. The summed E-state index contributed by atoms with van der Waals surface area (Å²) in [5.74, 6) is -0.998. The zero-order chi connectivity index (χ0) is 35.0. The number of furan rings is 1. The molecule has 0 radical (unpaired) electrons. The third-order valence-corrected chi connectivity index (χ3v) is 5.11. The maximum atomic E-state index is 8.94. The summed E-state index contributed by atoms with van der Waals surface area (Å²) in [5.41, 5.74) is -1.77. The second kappa shape index (κ2) is 6.89. The van der Waals surface area contributed by atoms with Gasteiger partial charge in [-0.25, -0.2) is 0 Å². The largest absolute Gasteiger partial charge is 0.456 e. The van der Waals surface area contributed by atoms with E-state index in [1.165, 1.54) is 0 Å². The molecule has 0 amide bonds. The number of halogens is 1. The van der Waals surface area contributed by atoms with Crippen molar-refractivity contribution in [1.82, 2.24) is 19.5 Å². The Morgan fingerprint density at radius 2 is 1.30 bits per heavy atom. The lowest BCUT2D eigenvalue weighted by molar-refractivity contribution is 0.669. The van der Waals surface area contributed by atoms with Crippen molar-refractivity contribution < 1.29 is 25.0 Å². The van der Waals surface area contributed by atoms with Crippen LogP contribution < -0.4 is 0 Å². The summed E-state index contributed by atoms with van der Waals surface area (Å²) in [7, 11) is 0. The van der Waals surface area contributed by atoms with E-state index in [2.05, 4.69) is 15.0 Å². The molecule has 0 spiro atoms. The molecule has 6 heteroatoms. The molecule has 0 unspecified atom stereocenters. The van der Waals surface area contributed by atoms with E-state index in [0.717, 1.165) is 4.57 Å². The molecule has 0 saturated heterocycles. The Morgan fingerprint density at radius 3 is 2.06 bits per heavy atom. The van der Waals surface area contributed by atoms with Gasteiger partial charge in [-0.1, -0.05) is 60.4 Å². The van der Waals surface area contributed by atoms with Crippen molar-refractivity contribution in [1.29, 1.82) is 0 Å². The summed E-state index contributed by atoms with van der Waals surface area (Å²) in [6.45, 7) is 0. The van der Waals surface area contributed by atoms with Gasteiger partial charge in [-0.2, -0.15) is 15.0 Å². The standard InChI is InChI=1S/C27H15ClN4O/c28-26-29-25(16-13-14-20-19-9-3-6-12-23(19)33-24(20)15-16)30-27(31-26)32-21-10-4-1-7-17(21)18-8-2-5-11-22(18)32/h1-15H/i1D,2D,3D,4D,5D,6D,7D,8D,9D,10D,11D,12D,13D,14D,15D. The van der Waals surface area contributed by atoms with Crippen LogP contribution in [0.4, 0.5) is 0 Å². The Kier molecular flexibility index (Phi) is 1.87. The van der Waals surface area contributed by atoms with Crippen LogP contribution in [0, 0.1) is 0 Å². The number of hydrogen-bond donors (Lipinski definition) is 0. The monoisotopic (exact) mass is 461 g/mol. The minimum Gasteiger partial charge on any atom is -0.456 e. The number of hydrogen-bond acceptors (Lipinski definition) is 4. The quantitative estimate of drug-likeness (QED) is 0.273. The van der Waals surface area contributed by atoms with E-state index in [1.807, 2.05) is 0 Å². The number of fused-ring (bicyclic) bond motifs is 6. The van der Waals surface area contributed by atoms with Crippen molar-refractivity contribution in [3.8, 4) is 17.3 Å². The minimum absolute atomic E-state index is 0.197. The predicted octanol–water partition coefficient (Wildman–Crippen LogP) is 7.19. The molecule has 0 fully saturated rings. The zero-order valence-corrected chi connectivity index (χ0v) is 16.8. The molecule has 33 heavy (non-hydrogen) atoms. The van der Waals surface area contributed by atoms with E-state index in [-0.39, 0.29) is 43.7 Å². The first-order chi connectivity index (χ1) is 22.5. The average molecular weight is 462 g/mol. The molecule has 3 aromatic heterocycles. The summed E-state index contributed by atoms with van der Waals surface area (Å²) in [4.78, 5) is 12.5. The smallest absolute Gasteiger partial charge is 0.239 e. The van der Waals surface area contributed by atoms with Crippen molar-refractivity contribution >= 4 is 55.3 Å². The molecule has 0 bridgehead atoms. The van der Waals surface area contributed by atoms with Crippen LogP contribution in [0.2, 0.25) is 5.28 Å². The van der Waals surface area contributed by atoms with Crippen LogP contribution >= 0.6 is 11.6 Å². The molecule has 0 aliphatic carbocycles. The second-order valence-corrected chi connectivity index (χ2v) is 7.11. The van der Waals surface area contributed by atoms with Crippen LogP contribution in [-0.4, -0.2) is 19.5 Å². The first kappa shape index (κ1) is 8.96. The number of benzene rings is 4. The van der Waals surface area contributed by atoms with Crippen molar-refractivity contribution in [2.45, 2.75) is 0 Å². The zero-order valence-electron chi connectivity index (χ0n) is 31.1. The highest BCUT2D eigenvalue weighted by molar-refractivity contribution is 6.28. The summed E-state index contributed by atoms with van der Waals surface area (Å²) in [5, 5.41) is -1.47. The Bertz CT molecular complexity index is 2580. The van der Waals surface area contributed by atoms with Crippen LogP contribution in [0.1, 0.15) is 20.6 Å². The minimum atomic E-state index is -0.683. The molecule has 0 saturated carbocycles. The van der Waals surface area contributed by atoms with Gasteiger partial charge in [0.1, 0.15) is 11.2 Å². The Balaban J connectivity index is 1.63. The third-order valence-electron chi connectivity index (χ3n) is 4.94. The van der Waals surface area contributed by atoms with Gasteiger partial charge in [0.05, 0.1) is 31.6 Å². The number of rotatable bonds is 2. The fraction of sp³-hybridized carbons (Fsp3) is 0. The molecular weight excluding hydrogens is 432 g/mol. The normalized spacial score (nSPS) is 18.2. The highest BCUT2D eigenvalue weighted by Gasteiger charge is 2.17. The van der Waals surface area contributed by atoms with Crippen LogP contribution in [0.15, 0.2) is 95.1 Å². The van der Waals surface area contributed by atoms with Crippen LogP contribution in [-0.2, 0) is 0 Å². The summed E-state index contributed by atoms with van der Waals surface area (Å²) < 4.78 is 133. The van der Waals surface area contributed by atoms with E-state index < -0.39 is 113 Å². The van der Waals surface area contributed by atoms with Gasteiger partial charge in [0.25, 0.3) is 0 Å². The first-order valence-electron chi connectivity index (χ1n) is 16.9. The molecular formula is C27H15ClN4O. The molecule has 0 atom stereocenters. The Hall–Kier alpha value is -4.22. The van der Waals surface area contributed by atoms with E-state index in [0.29, 0.717) is 0 Å². The fourth-order valence-electron chi connectivity index (χ4n) is 3.58. The number of para-hydroxylation sites is 3. The van der Waals surface area contributed by atoms with E-state index in [4.69, 9.17) is 36.6 Å². The van der Waals surface area contributed by atoms with Gasteiger partial charge in [-0.05, 0) is 41.8 Å². The van der Waals surface area contributed by atoms with Gasteiger partial charge >= 0.3 is 0 Å². The first-order valence-corrected chi connectivity index (χ1v) is 9.74. The van der Waals surface area contributed by atoms with E-state index >= 15 is 0 Å². The summed E-state index contributed by atoms with van der Waals surface area (Å²) in [6.07, 6.45) is 0. The van der Waals surface area contributed by atoms with Gasteiger partial charge in [-0.15, -0.1) is 0 Å². The molecule has 4 aromatic carbocycles. The highest BCUT2D eigenvalue weighted by Crippen LogP contribution is 2.33. The molecule has 7 aromatic rings. The van der Waals surface area contributed by atoms with Gasteiger partial charge < -0.3 is 4.42 Å². The van der Waals surface area contributed by atoms with Crippen molar-refractivity contribution in [3.63, 3.8) is 0 Å². The lowest BCUT2D eigenvalue weighted by Crippen LogP contribution is -2.04. The third kappa shape index (κ3) is 2.76. The van der Waals surface area contributed by atoms with Crippen LogP contribution in [0.5, 0.6) is 0 Å². The maximum Gasteiger partial charge on any atom is 0.239 e. The second-order valence-electron chi connectivity index (χ2n) is 6.77. The lowest BCUT2D eigenvalue weighted by atomic mass is 10.1. The van der Waals surface area contributed by atoms with Crippen LogP contribution in [0.3, 0.4) is 0 Å². The van der Waals surface area contributed by atoms with Gasteiger partial charge in [0, 0.05) is 27.1 Å². The SMILES string of the molecule is [2H]c1c([2H])c([2H])c2c(oc3c([2H])c(-c4nc(Cl)nc(-n5c6c([2H])c([2H])c([2H])c([2H])c6c6c([2H])c([2H])c([2H])c([2H])c65)n4)c([2H])c([2H])c32)c1[2H]. The summed E-state index contributed by atoms with van der Waals surface area (Å²) >= 11 is 6.32.